The average molecular weight is 533 g/mol. The van der Waals surface area contributed by atoms with Crippen LogP contribution in [-0.2, 0) is 9.53 Å². The topological polar surface area (TPSA) is 60.4 Å². The molecule has 2 aliphatic rings. The maximum atomic E-state index is 13.1. The van der Waals surface area contributed by atoms with E-state index < -0.39 is 0 Å². The molecule has 2 heterocycles. The number of anilines is 1. The summed E-state index contributed by atoms with van der Waals surface area (Å²) in [5.74, 6) is 1.27. The number of hydrogen-bond acceptors (Lipinski definition) is 4. The van der Waals surface area contributed by atoms with E-state index in [9.17, 15) is 9.18 Å². The van der Waals surface area contributed by atoms with Crippen molar-refractivity contribution in [3.05, 3.63) is 30.1 Å². The molecule has 1 N–H and O–H groups in total. The number of ether oxygens (including phenoxy) is 1. The molecule has 1 aromatic carbocycles. The van der Waals surface area contributed by atoms with Gasteiger partial charge >= 0.3 is 0 Å². The van der Waals surface area contributed by atoms with Crippen molar-refractivity contribution >= 4 is 41.5 Å². The van der Waals surface area contributed by atoms with Gasteiger partial charge in [0.15, 0.2) is 5.96 Å². The van der Waals surface area contributed by atoms with Crippen LogP contribution in [-0.4, -0.2) is 88.2 Å². The summed E-state index contributed by atoms with van der Waals surface area (Å²) >= 11 is 0. The van der Waals surface area contributed by atoms with Crippen LogP contribution in [0.2, 0.25) is 0 Å². The summed E-state index contributed by atoms with van der Waals surface area (Å²) in [7, 11) is 3.78. The van der Waals surface area contributed by atoms with Gasteiger partial charge in [0.2, 0.25) is 5.91 Å². The van der Waals surface area contributed by atoms with Crippen LogP contribution in [0, 0.1) is 11.7 Å². The minimum atomic E-state index is -0.229. The molecule has 3 rings (SSSR count). The quantitative estimate of drug-likeness (QED) is 0.345. The van der Waals surface area contributed by atoms with Crippen LogP contribution in [0.25, 0.3) is 0 Å². The van der Waals surface area contributed by atoms with Crippen LogP contribution >= 0.6 is 24.0 Å². The van der Waals surface area contributed by atoms with Crippen LogP contribution in [0.5, 0.6) is 0 Å². The standard InChI is InChI=1S/C21H32FN5O2.HI/c1-23-21(25(2)15-17-8-14-29-16-17)24-9-7-20(28)27-12-10-26(11-13-27)19-5-3-18(22)4-6-19;/h3-6,17H,7-16H2,1-2H3,(H,23,24);1H. The first kappa shape index (κ1) is 24.6. The molecule has 7 nitrogen and oxygen atoms in total. The Bertz CT molecular complexity index is 689. The zero-order valence-corrected chi connectivity index (χ0v) is 20.2. The Balaban J connectivity index is 0.00000320. The molecule has 0 spiro atoms. The lowest BCUT2D eigenvalue weighted by molar-refractivity contribution is -0.131. The van der Waals surface area contributed by atoms with Gasteiger partial charge in [-0.25, -0.2) is 4.39 Å². The van der Waals surface area contributed by atoms with Gasteiger partial charge in [-0.15, -0.1) is 24.0 Å². The van der Waals surface area contributed by atoms with Crippen LogP contribution in [0.3, 0.4) is 0 Å². The molecule has 168 valence electrons. The minimum Gasteiger partial charge on any atom is -0.381 e. The lowest BCUT2D eigenvalue weighted by Gasteiger charge is -2.36. The zero-order valence-electron chi connectivity index (χ0n) is 17.8. The summed E-state index contributed by atoms with van der Waals surface area (Å²) in [5.41, 5.74) is 1.000. The highest BCUT2D eigenvalue weighted by atomic mass is 127. The number of amides is 1. The molecule has 0 aromatic heterocycles. The third-order valence-corrected chi connectivity index (χ3v) is 5.58. The van der Waals surface area contributed by atoms with Gasteiger partial charge in [-0.1, -0.05) is 0 Å². The predicted molar refractivity (Wildman–Crippen MR) is 128 cm³/mol. The number of benzene rings is 1. The summed E-state index contributed by atoms with van der Waals surface area (Å²) in [6, 6.07) is 6.53. The maximum absolute atomic E-state index is 13.1. The van der Waals surface area contributed by atoms with E-state index in [1.54, 1.807) is 19.2 Å². The van der Waals surface area contributed by atoms with Crippen LogP contribution < -0.4 is 10.2 Å². The number of piperazine rings is 1. The van der Waals surface area contributed by atoms with Crippen molar-refractivity contribution in [2.75, 3.05) is 71.5 Å². The molecule has 0 bridgehead atoms. The number of nitrogens with one attached hydrogen (secondary N) is 1. The van der Waals surface area contributed by atoms with E-state index in [2.05, 4.69) is 20.1 Å². The first-order chi connectivity index (χ1) is 14.1. The van der Waals surface area contributed by atoms with Gasteiger partial charge in [0, 0.05) is 78.0 Å². The Labute approximate surface area is 195 Å². The third-order valence-electron chi connectivity index (χ3n) is 5.58. The highest BCUT2D eigenvalue weighted by Crippen LogP contribution is 2.17. The molecule has 30 heavy (non-hydrogen) atoms. The van der Waals surface area contributed by atoms with E-state index in [4.69, 9.17) is 4.74 Å². The van der Waals surface area contributed by atoms with Gasteiger partial charge < -0.3 is 24.8 Å². The monoisotopic (exact) mass is 533 g/mol. The second kappa shape index (κ2) is 12.3. The molecule has 0 radical (unpaired) electrons. The Hall–Kier alpha value is -1.62. The largest absolute Gasteiger partial charge is 0.381 e. The smallest absolute Gasteiger partial charge is 0.224 e. The number of carbonyl (C=O) groups is 1. The molecular formula is C21H33FIN5O2. The molecule has 0 aliphatic carbocycles. The van der Waals surface area contributed by atoms with Gasteiger partial charge in [0.25, 0.3) is 0 Å². The highest BCUT2D eigenvalue weighted by Gasteiger charge is 2.22. The number of rotatable bonds is 6. The van der Waals surface area contributed by atoms with Gasteiger partial charge in [-0.2, -0.15) is 0 Å². The Morgan fingerprint density at radius 1 is 1.27 bits per heavy atom. The van der Waals surface area contributed by atoms with Gasteiger partial charge in [0.1, 0.15) is 5.82 Å². The third kappa shape index (κ3) is 6.97. The number of guanidine groups is 1. The van der Waals surface area contributed by atoms with E-state index in [1.807, 2.05) is 11.9 Å². The summed E-state index contributed by atoms with van der Waals surface area (Å²) in [4.78, 5) is 23.1. The van der Waals surface area contributed by atoms with Crippen LogP contribution in [0.1, 0.15) is 12.8 Å². The fourth-order valence-electron chi connectivity index (χ4n) is 3.89. The molecule has 2 saturated heterocycles. The average Bonchev–Trinajstić information content (AvgIpc) is 3.24. The summed E-state index contributed by atoms with van der Waals surface area (Å²) in [6.45, 7) is 6.02. The lowest BCUT2D eigenvalue weighted by Crippen LogP contribution is -2.49. The van der Waals surface area contributed by atoms with E-state index >= 15 is 0 Å². The first-order valence-electron chi connectivity index (χ1n) is 10.3. The molecule has 9 heteroatoms. The fraction of sp³-hybridized carbons (Fsp3) is 0.619. The molecule has 2 aliphatic heterocycles. The van der Waals surface area contributed by atoms with Crippen LogP contribution in [0.15, 0.2) is 29.3 Å². The summed E-state index contributed by atoms with van der Waals surface area (Å²) in [5, 5.41) is 3.29. The number of carbonyl (C=O) groups excluding carboxylic acids is 1. The van der Waals surface area contributed by atoms with Crippen LogP contribution in [0.4, 0.5) is 10.1 Å². The second-order valence-corrected chi connectivity index (χ2v) is 7.68. The minimum absolute atomic E-state index is 0. The first-order valence-corrected chi connectivity index (χ1v) is 10.3. The zero-order chi connectivity index (χ0) is 20.6. The van der Waals surface area contributed by atoms with Gasteiger partial charge in [-0.05, 0) is 30.7 Å². The number of halogens is 2. The van der Waals surface area contributed by atoms with Crippen molar-refractivity contribution in [2.24, 2.45) is 10.9 Å². The summed E-state index contributed by atoms with van der Waals surface area (Å²) in [6.07, 6.45) is 1.53. The van der Waals surface area contributed by atoms with Crippen molar-refractivity contribution in [1.29, 1.82) is 0 Å². The maximum Gasteiger partial charge on any atom is 0.224 e. The molecule has 1 atom stereocenters. The van der Waals surface area contributed by atoms with Gasteiger partial charge in [-0.3, -0.25) is 9.79 Å². The van der Waals surface area contributed by atoms with Crippen molar-refractivity contribution in [3.8, 4) is 0 Å². The fourth-order valence-corrected chi connectivity index (χ4v) is 3.89. The number of hydrogen-bond donors (Lipinski definition) is 1. The van der Waals surface area contributed by atoms with E-state index in [1.165, 1.54) is 12.1 Å². The molecule has 1 aromatic rings. The molecule has 2 fully saturated rings. The summed E-state index contributed by atoms with van der Waals surface area (Å²) < 4.78 is 18.5. The van der Waals surface area contributed by atoms with Gasteiger partial charge in [0.05, 0.1) is 6.61 Å². The van der Waals surface area contributed by atoms with E-state index in [0.717, 1.165) is 50.9 Å². The Morgan fingerprint density at radius 2 is 1.97 bits per heavy atom. The predicted octanol–water partition coefficient (Wildman–Crippen LogP) is 2.03. The van der Waals surface area contributed by atoms with Crippen molar-refractivity contribution < 1.29 is 13.9 Å². The van der Waals surface area contributed by atoms with Crippen molar-refractivity contribution in [3.63, 3.8) is 0 Å². The lowest BCUT2D eigenvalue weighted by atomic mass is 10.1. The SMILES string of the molecule is CN=C(NCCC(=O)N1CCN(c2ccc(F)cc2)CC1)N(C)CC1CCOC1.I. The number of nitrogens with zero attached hydrogens (tertiary/aromatic N) is 4. The number of aliphatic imine (C=N–C) groups is 1. The van der Waals surface area contributed by atoms with E-state index in [-0.39, 0.29) is 35.7 Å². The molecule has 1 unspecified atom stereocenters. The second-order valence-electron chi connectivity index (χ2n) is 7.68. The molecule has 0 saturated carbocycles. The molecular weight excluding hydrogens is 500 g/mol. The van der Waals surface area contributed by atoms with Crippen molar-refractivity contribution in [1.82, 2.24) is 15.1 Å². The van der Waals surface area contributed by atoms with E-state index in [0.29, 0.717) is 32.0 Å². The highest BCUT2D eigenvalue weighted by molar-refractivity contribution is 14.0. The normalized spacial score (nSPS) is 19.4. The Kier molecular flexibility index (Phi) is 10.1. The Morgan fingerprint density at radius 3 is 2.57 bits per heavy atom. The molecule has 1 amide bonds. The van der Waals surface area contributed by atoms with Crippen molar-refractivity contribution in [2.45, 2.75) is 12.8 Å².